The van der Waals surface area contributed by atoms with E-state index >= 15 is 0 Å². The lowest BCUT2D eigenvalue weighted by Crippen LogP contribution is -2.41. The summed E-state index contributed by atoms with van der Waals surface area (Å²) in [6.45, 7) is 12.6. The molecule has 37 heavy (non-hydrogen) atoms. The van der Waals surface area contributed by atoms with E-state index in [-0.39, 0.29) is 19.1 Å². The molecular formula is C29H33BN2O4S. The lowest BCUT2D eigenvalue weighted by molar-refractivity contribution is 0.00578. The van der Waals surface area contributed by atoms with Gasteiger partial charge in [0.15, 0.2) is 0 Å². The van der Waals surface area contributed by atoms with Crippen LogP contribution in [0, 0.1) is 13.8 Å². The summed E-state index contributed by atoms with van der Waals surface area (Å²) in [6.07, 6.45) is 1.48. The highest BCUT2D eigenvalue weighted by Gasteiger charge is 2.52. The van der Waals surface area contributed by atoms with Crippen LogP contribution in [-0.4, -0.2) is 42.5 Å². The smallest absolute Gasteiger partial charge is 0.449 e. The van der Waals surface area contributed by atoms with Gasteiger partial charge in [0.25, 0.3) is 0 Å². The van der Waals surface area contributed by atoms with Gasteiger partial charge in [-0.3, -0.25) is 0 Å². The van der Waals surface area contributed by atoms with Gasteiger partial charge in [-0.1, -0.05) is 48.5 Å². The highest BCUT2D eigenvalue weighted by molar-refractivity contribution is 7.12. The maximum atomic E-state index is 12.9. The molecule has 0 atom stereocenters. The van der Waals surface area contributed by atoms with Gasteiger partial charge in [-0.25, -0.2) is 9.78 Å². The number of carbonyl (C=O) groups is 1. The van der Waals surface area contributed by atoms with Crippen LogP contribution in [0.3, 0.4) is 0 Å². The van der Waals surface area contributed by atoms with Crippen molar-refractivity contribution in [1.29, 1.82) is 0 Å². The zero-order valence-corrected chi connectivity index (χ0v) is 23.1. The highest BCUT2D eigenvalue weighted by atomic mass is 32.1. The quantitative estimate of drug-likeness (QED) is 0.389. The molecule has 1 fully saturated rings. The van der Waals surface area contributed by atoms with Gasteiger partial charge in [-0.2, -0.15) is 0 Å². The van der Waals surface area contributed by atoms with E-state index in [0.717, 1.165) is 21.1 Å². The monoisotopic (exact) mass is 516 g/mol. The minimum absolute atomic E-state index is 0.0116. The number of nitrogens with one attached hydrogen (secondary N) is 1. The number of amides is 1. The number of alkyl carbamates (subject to hydrolysis) is 1. The van der Waals surface area contributed by atoms with Crippen molar-refractivity contribution in [3.05, 3.63) is 80.7 Å². The largest absolute Gasteiger partial charge is 0.492 e. The number of carbonyl (C=O) groups excluding carboxylic acids is 1. The van der Waals surface area contributed by atoms with Crippen LogP contribution in [-0.2, 0) is 14.0 Å². The first-order valence-corrected chi connectivity index (χ1v) is 13.5. The minimum atomic E-state index is -0.594. The fourth-order valence-corrected chi connectivity index (χ4v) is 5.64. The molecule has 1 N–H and O–H groups in total. The molecule has 1 aliphatic heterocycles. The Morgan fingerprint density at radius 3 is 2.14 bits per heavy atom. The summed E-state index contributed by atoms with van der Waals surface area (Å²) in [5.74, 6) is 0.0116. The normalized spacial score (nSPS) is 18.0. The number of hydrogen-bond acceptors (Lipinski definition) is 6. The van der Waals surface area contributed by atoms with Gasteiger partial charge in [0.2, 0.25) is 0 Å². The Labute approximate surface area is 223 Å². The molecule has 1 aromatic heterocycles. The first kappa shape index (κ1) is 25.7. The van der Waals surface area contributed by atoms with E-state index in [1.54, 1.807) is 11.3 Å². The van der Waals surface area contributed by atoms with Crippen LogP contribution < -0.4 is 5.32 Å². The van der Waals surface area contributed by atoms with Crippen LogP contribution >= 0.6 is 11.3 Å². The molecule has 2 aromatic carbocycles. The molecule has 1 aliphatic carbocycles. The lowest BCUT2D eigenvalue weighted by Gasteiger charge is -2.32. The molecule has 8 heteroatoms. The van der Waals surface area contributed by atoms with Gasteiger partial charge in [0.1, 0.15) is 11.6 Å². The molecule has 2 aliphatic rings. The summed E-state index contributed by atoms with van der Waals surface area (Å²) in [4.78, 5) is 18.6. The summed E-state index contributed by atoms with van der Waals surface area (Å²) < 4.78 is 18.3. The van der Waals surface area contributed by atoms with Crippen molar-refractivity contribution in [3.63, 3.8) is 0 Å². The Morgan fingerprint density at radius 1 is 1.03 bits per heavy atom. The predicted molar refractivity (Wildman–Crippen MR) is 149 cm³/mol. The van der Waals surface area contributed by atoms with Gasteiger partial charge >= 0.3 is 13.2 Å². The molecule has 3 aromatic rings. The summed E-state index contributed by atoms with van der Waals surface area (Å²) in [5.41, 5.74) is 5.58. The third kappa shape index (κ3) is 4.98. The Hall–Kier alpha value is -2.94. The molecule has 0 bridgehead atoms. The van der Waals surface area contributed by atoms with Crippen LogP contribution in [0.5, 0.6) is 0 Å². The van der Waals surface area contributed by atoms with Crippen molar-refractivity contribution in [2.45, 2.75) is 58.7 Å². The summed E-state index contributed by atoms with van der Waals surface area (Å²) in [7, 11) is -0.594. The fourth-order valence-electron chi connectivity index (χ4n) is 4.74. The Kier molecular flexibility index (Phi) is 6.77. The molecule has 0 saturated carbocycles. The lowest BCUT2D eigenvalue weighted by atomic mass is 9.77. The van der Waals surface area contributed by atoms with Crippen LogP contribution in [0.1, 0.15) is 60.3 Å². The van der Waals surface area contributed by atoms with Gasteiger partial charge in [0.05, 0.1) is 16.9 Å². The van der Waals surface area contributed by atoms with Gasteiger partial charge in [-0.05, 0) is 75.3 Å². The molecule has 2 heterocycles. The van der Waals surface area contributed by atoms with Gasteiger partial charge < -0.3 is 19.4 Å². The zero-order valence-electron chi connectivity index (χ0n) is 22.3. The topological polar surface area (TPSA) is 69.7 Å². The van der Waals surface area contributed by atoms with Crippen molar-refractivity contribution in [2.24, 2.45) is 0 Å². The summed E-state index contributed by atoms with van der Waals surface area (Å²) >= 11 is 1.61. The molecule has 1 amide bonds. The number of aryl methyl sites for hydroxylation is 2. The van der Waals surface area contributed by atoms with Crippen molar-refractivity contribution >= 4 is 30.6 Å². The van der Waals surface area contributed by atoms with Crippen LogP contribution in [0.2, 0.25) is 0 Å². The Morgan fingerprint density at radius 2 is 1.59 bits per heavy atom. The van der Waals surface area contributed by atoms with E-state index in [9.17, 15) is 4.79 Å². The van der Waals surface area contributed by atoms with Crippen molar-refractivity contribution in [2.75, 3.05) is 13.2 Å². The van der Waals surface area contributed by atoms with Crippen molar-refractivity contribution in [1.82, 2.24) is 10.3 Å². The summed E-state index contributed by atoms with van der Waals surface area (Å²) in [6, 6.07) is 16.6. The van der Waals surface area contributed by atoms with E-state index in [2.05, 4.69) is 34.6 Å². The first-order valence-electron chi connectivity index (χ1n) is 12.6. The Balaban J connectivity index is 1.29. The standard InChI is InChI=1S/C29H33BN2O4S/c1-18-19(2)37-26(32-18)15-20(30-35-28(3,4)29(5,6)36-30)16-31-27(33)34-17-25-23-13-9-7-11-21(23)22-12-8-10-14-24(22)25/h7-15,25H,16-17H2,1-6H3,(H,31,33). The second-order valence-electron chi connectivity index (χ2n) is 10.7. The van der Waals surface area contributed by atoms with Crippen molar-refractivity contribution in [3.8, 4) is 11.1 Å². The van der Waals surface area contributed by atoms with E-state index in [1.165, 1.54) is 22.3 Å². The fraction of sp³-hybridized carbons (Fsp3) is 0.379. The van der Waals surface area contributed by atoms with Gasteiger partial charge in [0, 0.05) is 17.3 Å². The number of fused-ring (bicyclic) bond motifs is 3. The van der Waals surface area contributed by atoms with E-state index in [4.69, 9.17) is 14.0 Å². The third-order valence-corrected chi connectivity index (χ3v) is 8.71. The minimum Gasteiger partial charge on any atom is -0.449 e. The molecular weight excluding hydrogens is 483 g/mol. The third-order valence-electron chi connectivity index (χ3n) is 7.69. The first-order chi connectivity index (χ1) is 17.6. The average Bonchev–Trinajstić information content (AvgIpc) is 3.42. The SMILES string of the molecule is Cc1nc(C=C(CNC(=O)OCC2c3ccccc3-c3ccccc32)B2OC(C)(C)C(C)(C)O2)sc1C. The number of rotatable bonds is 6. The van der Waals surface area contributed by atoms with E-state index in [1.807, 2.05) is 71.9 Å². The number of ether oxygens (including phenoxy) is 1. The maximum absolute atomic E-state index is 12.9. The van der Waals surface area contributed by atoms with Gasteiger partial charge in [-0.15, -0.1) is 11.3 Å². The predicted octanol–water partition coefficient (Wildman–Crippen LogP) is 6.31. The van der Waals surface area contributed by atoms with E-state index < -0.39 is 24.4 Å². The molecule has 0 unspecified atom stereocenters. The maximum Gasteiger partial charge on any atom is 0.492 e. The number of aromatic nitrogens is 1. The number of nitrogens with zero attached hydrogens (tertiary/aromatic N) is 1. The van der Waals surface area contributed by atoms with E-state index in [0.29, 0.717) is 0 Å². The Bertz CT molecular complexity index is 1280. The summed E-state index contributed by atoms with van der Waals surface area (Å²) in [5, 5.41) is 3.77. The molecule has 6 nitrogen and oxygen atoms in total. The van der Waals surface area contributed by atoms with Crippen LogP contribution in [0.15, 0.2) is 54.0 Å². The zero-order chi connectivity index (χ0) is 26.4. The molecule has 192 valence electrons. The average molecular weight is 516 g/mol. The number of benzene rings is 2. The second-order valence-corrected chi connectivity index (χ2v) is 11.9. The van der Waals surface area contributed by atoms with Crippen molar-refractivity contribution < 1.29 is 18.8 Å². The molecule has 0 spiro atoms. The van der Waals surface area contributed by atoms with Crippen LogP contribution in [0.4, 0.5) is 4.79 Å². The number of hydrogen-bond donors (Lipinski definition) is 1. The molecule has 1 saturated heterocycles. The number of thiazole rings is 1. The molecule has 0 radical (unpaired) electrons. The highest BCUT2D eigenvalue weighted by Crippen LogP contribution is 2.44. The second kappa shape index (κ2) is 9.74. The molecule has 5 rings (SSSR count). The van der Waals surface area contributed by atoms with Crippen LogP contribution in [0.25, 0.3) is 17.2 Å².